The van der Waals surface area contributed by atoms with Crippen molar-refractivity contribution in [2.75, 3.05) is 13.6 Å². The van der Waals surface area contributed by atoms with Gasteiger partial charge in [0.2, 0.25) is 0 Å². The van der Waals surface area contributed by atoms with E-state index in [1.165, 1.54) is 18.2 Å². The fourth-order valence-electron chi connectivity index (χ4n) is 2.44. The molecule has 1 heterocycles. The molecule has 1 saturated heterocycles. The maximum Gasteiger partial charge on any atom is 0.328 e. The number of carbonyl (C=O) groups excluding carboxylic acids is 2. The van der Waals surface area contributed by atoms with Crippen LogP contribution in [0.25, 0.3) is 0 Å². The Morgan fingerprint density at radius 2 is 1.91 bits per heavy atom. The quantitative estimate of drug-likeness (QED) is 0.360. The summed E-state index contributed by atoms with van der Waals surface area (Å²) in [6.07, 6.45) is 1.45. The molecule has 124 valence electrons. The second-order valence-corrected chi connectivity index (χ2v) is 5.10. The number of nitrogens with two attached hydrogens (primary N) is 1. The average Bonchev–Trinajstić information content (AvgIpc) is 2.64. The van der Waals surface area contributed by atoms with Crippen LogP contribution in [-0.4, -0.2) is 52.6 Å². The minimum Gasteiger partial charge on any atom is -0.480 e. The minimum absolute atomic E-state index is 0. The van der Waals surface area contributed by atoms with Crippen molar-refractivity contribution in [2.24, 2.45) is 10.9 Å². The monoisotopic (exact) mass is 340 g/mol. The van der Waals surface area contributed by atoms with Crippen LogP contribution in [0.15, 0.2) is 29.4 Å². The number of rotatable bonds is 4. The molecule has 1 aromatic rings. The summed E-state index contributed by atoms with van der Waals surface area (Å²) in [7, 11) is 1.47. The molecular weight excluding hydrogens is 324 g/mol. The first-order valence-corrected chi connectivity index (χ1v) is 6.47. The van der Waals surface area contributed by atoms with Crippen LogP contribution in [0.4, 0.5) is 4.79 Å². The molecule has 3 amide bonds. The molecule has 0 radical (unpaired) electrons. The molecule has 0 aliphatic carbocycles. The number of carboxylic acids is 1. The van der Waals surface area contributed by atoms with E-state index in [0.29, 0.717) is 5.56 Å². The molecule has 2 rings (SSSR count). The summed E-state index contributed by atoms with van der Waals surface area (Å²) in [6.45, 7) is 0.927. The summed E-state index contributed by atoms with van der Waals surface area (Å²) in [6, 6.07) is 6.15. The minimum atomic E-state index is -1.25. The highest BCUT2D eigenvalue weighted by Crippen LogP contribution is 2.35. The molecule has 0 saturated carbocycles. The highest BCUT2D eigenvalue weighted by atomic mass is 35.5. The number of amides is 3. The molecule has 1 fully saturated rings. The first-order chi connectivity index (χ1) is 10.3. The summed E-state index contributed by atoms with van der Waals surface area (Å²) in [5.74, 6) is 3.26. The van der Waals surface area contributed by atoms with E-state index < -0.39 is 30.0 Å². The predicted molar refractivity (Wildman–Crippen MR) is 85.3 cm³/mol. The second kappa shape index (κ2) is 6.66. The van der Waals surface area contributed by atoms with E-state index in [2.05, 4.69) is 5.10 Å². The fourth-order valence-corrected chi connectivity index (χ4v) is 2.44. The number of halogens is 1. The smallest absolute Gasteiger partial charge is 0.328 e. The van der Waals surface area contributed by atoms with Gasteiger partial charge < -0.3 is 15.8 Å². The van der Waals surface area contributed by atoms with E-state index in [-0.39, 0.29) is 12.4 Å². The highest BCUT2D eigenvalue weighted by molar-refractivity contribution is 6.08. The van der Waals surface area contributed by atoms with Gasteiger partial charge in [-0.3, -0.25) is 14.5 Å². The molecule has 0 bridgehead atoms. The lowest BCUT2D eigenvalue weighted by Gasteiger charge is -2.29. The van der Waals surface area contributed by atoms with Gasteiger partial charge in [0.05, 0.1) is 6.21 Å². The molecule has 1 atom stereocenters. The summed E-state index contributed by atoms with van der Waals surface area (Å²) in [5.41, 5.74) is 0.0809. The Balaban J connectivity index is 0.00000264. The van der Waals surface area contributed by atoms with Crippen LogP contribution in [0, 0.1) is 0 Å². The van der Waals surface area contributed by atoms with Gasteiger partial charge in [0.1, 0.15) is 12.1 Å². The van der Waals surface area contributed by atoms with Crippen LogP contribution in [0.3, 0.4) is 0 Å². The van der Waals surface area contributed by atoms with E-state index in [4.69, 9.17) is 10.9 Å². The zero-order chi connectivity index (χ0) is 16.5. The SMILES string of the molecule is CN1C(=O)N(CC(=O)O)C(=O)[C@]1(C)c1ccc(C=NN)cc1.Cl. The van der Waals surface area contributed by atoms with Gasteiger partial charge in [-0.15, -0.1) is 12.4 Å². The van der Waals surface area contributed by atoms with Gasteiger partial charge in [-0.1, -0.05) is 24.3 Å². The molecule has 3 N–H and O–H groups in total. The molecule has 0 spiro atoms. The van der Waals surface area contributed by atoms with Crippen molar-refractivity contribution in [1.29, 1.82) is 0 Å². The zero-order valence-corrected chi connectivity index (χ0v) is 13.4. The normalized spacial score (nSPS) is 21.0. The number of likely N-dealkylation sites (N-methyl/N-ethyl adjacent to an activating group) is 1. The number of hydrogen-bond donors (Lipinski definition) is 2. The van der Waals surface area contributed by atoms with E-state index in [1.54, 1.807) is 31.2 Å². The number of hydrazone groups is 1. The maximum atomic E-state index is 12.5. The number of hydrogen-bond acceptors (Lipinski definition) is 5. The number of carbonyl (C=O) groups is 3. The van der Waals surface area contributed by atoms with Crippen LogP contribution in [0.2, 0.25) is 0 Å². The van der Waals surface area contributed by atoms with Crippen LogP contribution in [0.1, 0.15) is 18.1 Å². The summed E-state index contributed by atoms with van der Waals surface area (Å²) < 4.78 is 0. The third kappa shape index (κ3) is 2.98. The van der Waals surface area contributed by atoms with Crippen molar-refractivity contribution in [1.82, 2.24) is 9.80 Å². The predicted octanol–water partition coefficient (Wildman–Crippen LogP) is 0.595. The van der Waals surface area contributed by atoms with Gasteiger partial charge in [-0.2, -0.15) is 5.10 Å². The third-order valence-electron chi connectivity index (χ3n) is 3.84. The van der Waals surface area contributed by atoms with Crippen molar-refractivity contribution in [3.8, 4) is 0 Å². The van der Waals surface area contributed by atoms with Crippen LogP contribution >= 0.6 is 12.4 Å². The molecule has 1 aliphatic heterocycles. The Labute approximate surface area is 139 Å². The topological polar surface area (TPSA) is 116 Å². The van der Waals surface area contributed by atoms with Crippen LogP contribution in [0.5, 0.6) is 0 Å². The van der Waals surface area contributed by atoms with Gasteiger partial charge in [0.25, 0.3) is 5.91 Å². The number of benzene rings is 1. The van der Waals surface area contributed by atoms with Crippen molar-refractivity contribution in [3.63, 3.8) is 0 Å². The first kappa shape index (κ1) is 18.4. The largest absolute Gasteiger partial charge is 0.480 e. The molecule has 1 aromatic carbocycles. The Kier molecular flexibility index (Phi) is 5.34. The maximum absolute atomic E-state index is 12.5. The molecule has 0 unspecified atom stereocenters. The standard InChI is InChI=1S/C14H16N4O4.ClH/c1-14(10-5-3-9(4-6-10)7-16-15)12(21)18(8-11(19)20)13(22)17(14)2;/h3-7H,8,15H2,1-2H3,(H,19,20);1H/t14-;/m0./s1. The number of carboxylic acid groups (broad SMARTS) is 1. The molecule has 8 nitrogen and oxygen atoms in total. The van der Waals surface area contributed by atoms with Gasteiger partial charge >= 0.3 is 12.0 Å². The molecule has 23 heavy (non-hydrogen) atoms. The van der Waals surface area contributed by atoms with Crippen molar-refractivity contribution >= 4 is 36.5 Å². The van der Waals surface area contributed by atoms with E-state index in [0.717, 1.165) is 10.5 Å². The lowest BCUT2D eigenvalue weighted by molar-refractivity contribution is -0.143. The fraction of sp³-hybridized carbons (Fsp3) is 0.286. The Bertz CT molecular complexity index is 661. The zero-order valence-electron chi connectivity index (χ0n) is 12.6. The molecule has 9 heteroatoms. The van der Waals surface area contributed by atoms with Crippen molar-refractivity contribution in [2.45, 2.75) is 12.5 Å². The number of nitrogens with zero attached hydrogens (tertiary/aromatic N) is 3. The van der Waals surface area contributed by atoms with Crippen LogP contribution in [-0.2, 0) is 15.1 Å². The lowest BCUT2D eigenvalue weighted by Crippen LogP contribution is -2.42. The average molecular weight is 341 g/mol. The molecule has 1 aliphatic rings. The highest BCUT2D eigenvalue weighted by Gasteiger charge is 2.53. The lowest BCUT2D eigenvalue weighted by atomic mass is 9.90. The number of urea groups is 1. The number of imide groups is 1. The molecule has 0 aromatic heterocycles. The summed E-state index contributed by atoms with van der Waals surface area (Å²) in [4.78, 5) is 37.5. The summed E-state index contributed by atoms with van der Waals surface area (Å²) in [5, 5.41) is 12.2. The van der Waals surface area contributed by atoms with Crippen LogP contribution < -0.4 is 5.84 Å². The molecular formula is C14H17ClN4O4. The summed E-state index contributed by atoms with van der Waals surface area (Å²) >= 11 is 0. The second-order valence-electron chi connectivity index (χ2n) is 5.10. The van der Waals surface area contributed by atoms with Gasteiger partial charge in [-0.25, -0.2) is 4.79 Å². The Hall–Kier alpha value is -2.61. The first-order valence-electron chi connectivity index (χ1n) is 6.47. The van der Waals surface area contributed by atoms with E-state index in [9.17, 15) is 14.4 Å². The van der Waals surface area contributed by atoms with Gasteiger partial charge in [0.15, 0.2) is 0 Å². The Morgan fingerprint density at radius 1 is 1.35 bits per heavy atom. The van der Waals surface area contributed by atoms with Gasteiger partial charge in [-0.05, 0) is 18.1 Å². The van der Waals surface area contributed by atoms with Crippen molar-refractivity contribution < 1.29 is 19.5 Å². The van der Waals surface area contributed by atoms with Gasteiger partial charge in [0, 0.05) is 7.05 Å². The Morgan fingerprint density at radius 3 is 2.39 bits per heavy atom. The van der Waals surface area contributed by atoms with E-state index >= 15 is 0 Å². The number of aliphatic carboxylic acids is 1. The third-order valence-corrected chi connectivity index (χ3v) is 3.84. The van der Waals surface area contributed by atoms with Crippen molar-refractivity contribution in [3.05, 3.63) is 35.4 Å². The van der Waals surface area contributed by atoms with E-state index in [1.807, 2.05) is 0 Å².